The molecule has 1 amide bonds. The van der Waals surface area contributed by atoms with Gasteiger partial charge in [0.15, 0.2) is 0 Å². The number of rotatable bonds is 5. The zero-order valence-electron chi connectivity index (χ0n) is 13.2. The first-order chi connectivity index (χ1) is 10.1. The molecule has 2 aromatic rings. The summed E-state index contributed by atoms with van der Waals surface area (Å²) in [6, 6.07) is 12.1. The van der Waals surface area contributed by atoms with E-state index in [1.54, 1.807) is 6.20 Å². The molecule has 0 aliphatic carbocycles. The molecule has 1 aromatic heterocycles. The number of hydrogen-bond donors (Lipinski definition) is 2. The van der Waals surface area contributed by atoms with E-state index in [9.17, 15) is 4.79 Å². The lowest BCUT2D eigenvalue weighted by Gasteiger charge is -2.17. The van der Waals surface area contributed by atoms with Crippen LogP contribution in [0, 0.1) is 5.92 Å². The molecule has 0 saturated carbocycles. The average molecular weight is 356 g/mol. The average Bonchev–Trinajstić information content (AvgIpc) is 2.55. The van der Waals surface area contributed by atoms with Gasteiger partial charge in [-0.3, -0.25) is 9.78 Å². The third-order valence-electron chi connectivity index (χ3n) is 3.57. The Balaban J connectivity index is 0.00000242. The van der Waals surface area contributed by atoms with Gasteiger partial charge in [-0.15, -0.1) is 24.8 Å². The van der Waals surface area contributed by atoms with E-state index < -0.39 is 0 Å². The van der Waals surface area contributed by atoms with E-state index in [1.165, 1.54) is 0 Å². The molecule has 126 valence electrons. The fourth-order valence-corrected chi connectivity index (χ4v) is 2.04. The van der Waals surface area contributed by atoms with Crippen molar-refractivity contribution in [1.29, 1.82) is 0 Å². The van der Waals surface area contributed by atoms with Crippen LogP contribution < -0.4 is 11.1 Å². The summed E-state index contributed by atoms with van der Waals surface area (Å²) in [4.78, 5) is 16.0. The van der Waals surface area contributed by atoms with Gasteiger partial charge in [0.2, 0.25) is 5.91 Å². The summed E-state index contributed by atoms with van der Waals surface area (Å²) in [6.07, 6.45) is 3.59. The lowest BCUT2D eigenvalue weighted by atomic mass is 10.0. The number of nitrogens with two attached hydrogens (primary N) is 1. The Morgan fingerprint density at radius 3 is 2.30 bits per heavy atom. The number of aromatic nitrogens is 1. The van der Waals surface area contributed by atoms with Gasteiger partial charge in [-0.25, -0.2) is 0 Å². The van der Waals surface area contributed by atoms with E-state index in [2.05, 4.69) is 10.3 Å². The third kappa shape index (κ3) is 5.82. The van der Waals surface area contributed by atoms with E-state index >= 15 is 0 Å². The smallest absolute Gasteiger partial charge is 0.224 e. The fraction of sp³-hybridized carbons (Fsp3) is 0.294. The van der Waals surface area contributed by atoms with Gasteiger partial charge in [0.25, 0.3) is 0 Å². The molecule has 1 heterocycles. The number of amides is 1. The van der Waals surface area contributed by atoms with Gasteiger partial charge in [0, 0.05) is 24.9 Å². The standard InChI is InChI=1S/C17H21N3O.2ClH/c1-12(10-18)17(21)20-13(2)14-5-7-15(8-6-14)16-4-3-9-19-11-16;;/h3-9,11-13H,10,18H2,1-2H3,(H,20,21);2*1H. The maximum Gasteiger partial charge on any atom is 0.224 e. The number of halogens is 2. The van der Waals surface area contributed by atoms with Crippen LogP contribution in [-0.4, -0.2) is 17.4 Å². The monoisotopic (exact) mass is 355 g/mol. The van der Waals surface area contributed by atoms with Crippen LogP contribution >= 0.6 is 24.8 Å². The van der Waals surface area contributed by atoms with Gasteiger partial charge in [0.05, 0.1) is 6.04 Å². The first-order valence-corrected chi connectivity index (χ1v) is 7.12. The third-order valence-corrected chi connectivity index (χ3v) is 3.57. The Kier molecular flexibility index (Phi) is 9.49. The number of nitrogens with one attached hydrogen (secondary N) is 1. The highest BCUT2D eigenvalue weighted by molar-refractivity contribution is 5.85. The van der Waals surface area contributed by atoms with E-state index in [-0.39, 0.29) is 42.7 Å². The van der Waals surface area contributed by atoms with Crippen molar-refractivity contribution in [3.63, 3.8) is 0 Å². The number of pyridine rings is 1. The second-order valence-electron chi connectivity index (χ2n) is 5.23. The number of carbonyl (C=O) groups excluding carboxylic acids is 1. The zero-order chi connectivity index (χ0) is 15.2. The predicted octanol–water partition coefficient (Wildman–Crippen LogP) is 3.36. The molecule has 0 radical (unpaired) electrons. The van der Waals surface area contributed by atoms with Crippen molar-refractivity contribution in [2.24, 2.45) is 11.7 Å². The van der Waals surface area contributed by atoms with Gasteiger partial charge in [-0.05, 0) is 29.7 Å². The second kappa shape index (κ2) is 10.2. The second-order valence-corrected chi connectivity index (χ2v) is 5.23. The molecule has 2 unspecified atom stereocenters. The molecule has 2 atom stereocenters. The van der Waals surface area contributed by atoms with Crippen molar-refractivity contribution in [3.05, 3.63) is 54.4 Å². The minimum Gasteiger partial charge on any atom is -0.349 e. The quantitative estimate of drug-likeness (QED) is 0.863. The Hall–Kier alpha value is -1.62. The van der Waals surface area contributed by atoms with Crippen LogP contribution in [0.15, 0.2) is 48.8 Å². The highest BCUT2D eigenvalue weighted by Crippen LogP contribution is 2.21. The molecule has 0 saturated heterocycles. The summed E-state index contributed by atoms with van der Waals surface area (Å²) < 4.78 is 0. The SMILES string of the molecule is CC(CN)C(=O)NC(C)c1ccc(-c2cccnc2)cc1.Cl.Cl. The van der Waals surface area contributed by atoms with Crippen LogP contribution in [0.5, 0.6) is 0 Å². The number of hydrogen-bond acceptors (Lipinski definition) is 3. The Morgan fingerprint density at radius 1 is 1.13 bits per heavy atom. The summed E-state index contributed by atoms with van der Waals surface area (Å²) in [5.41, 5.74) is 8.77. The largest absolute Gasteiger partial charge is 0.349 e. The van der Waals surface area contributed by atoms with Crippen LogP contribution in [0.2, 0.25) is 0 Å². The van der Waals surface area contributed by atoms with E-state index in [0.717, 1.165) is 16.7 Å². The Labute approximate surface area is 149 Å². The van der Waals surface area contributed by atoms with Gasteiger partial charge in [-0.1, -0.05) is 37.3 Å². The number of nitrogens with zero attached hydrogens (tertiary/aromatic N) is 1. The van der Waals surface area contributed by atoms with E-state index in [0.29, 0.717) is 6.54 Å². The van der Waals surface area contributed by atoms with Crippen LogP contribution in [0.4, 0.5) is 0 Å². The molecule has 0 spiro atoms. The summed E-state index contributed by atoms with van der Waals surface area (Å²) in [7, 11) is 0. The number of benzene rings is 1. The topological polar surface area (TPSA) is 68.0 Å². The van der Waals surface area contributed by atoms with Crippen molar-refractivity contribution in [2.45, 2.75) is 19.9 Å². The molecule has 3 N–H and O–H groups in total. The van der Waals surface area contributed by atoms with Gasteiger partial charge >= 0.3 is 0 Å². The fourth-order valence-electron chi connectivity index (χ4n) is 2.04. The Morgan fingerprint density at radius 2 is 1.78 bits per heavy atom. The summed E-state index contributed by atoms with van der Waals surface area (Å²) in [5, 5.41) is 2.97. The predicted molar refractivity (Wildman–Crippen MR) is 98.9 cm³/mol. The molecule has 4 nitrogen and oxygen atoms in total. The summed E-state index contributed by atoms with van der Waals surface area (Å²) in [5.74, 6) is -0.177. The highest BCUT2D eigenvalue weighted by Gasteiger charge is 2.14. The Bertz CT molecular complexity index is 591. The lowest BCUT2D eigenvalue weighted by Crippen LogP contribution is -2.34. The zero-order valence-corrected chi connectivity index (χ0v) is 14.9. The van der Waals surface area contributed by atoms with Crippen LogP contribution in [0.25, 0.3) is 11.1 Å². The van der Waals surface area contributed by atoms with Crippen molar-refractivity contribution in [2.75, 3.05) is 6.54 Å². The van der Waals surface area contributed by atoms with Crippen LogP contribution in [0.1, 0.15) is 25.5 Å². The lowest BCUT2D eigenvalue weighted by molar-refractivity contribution is -0.124. The van der Waals surface area contributed by atoms with E-state index in [1.807, 2.05) is 56.4 Å². The van der Waals surface area contributed by atoms with Gasteiger partial charge < -0.3 is 11.1 Å². The number of carbonyl (C=O) groups is 1. The minimum absolute atomic E-state index is 0. The molecular formula is C17H23Cl2N3O. The molecule has 6 heteroatoms. The van der Waals surface area contributed by atoms with Crippen molar-refractivity contribution in [3.8, 4) is 11.1 Å². The normalized spacial score (nSPS) is 12.3. The summed E-state index contributed by atoms with van der Waals surface area (Å²) >= 11 is 0. The highest BCUT2D eigenvalue weighted by atomic mass is 35.5. The molecular weight excluding hydrogens is 333 g/mol. The molecule has 2 rings (SSSR count). The van der Waals surface area contributed by atoms with Gasteiger partial charge in [0.1, 0.15) is 0 Å². The van der Waals surface area contributed by atoms with Crippen LogP contribution in [0.3, 0.4) is 0 Å². The molecule has 0 fully saturated rings. The molecule has 0 aliphatic heterocycles. The van der Waals surface area contributed by atoms with Crippen molar-refractivity contribution < 1.29 is 4.79 Å². The first kappa shape index (κ1) is 21.4. The van der Waals surface area contributed by atoms with E-state index in [4.69, 9.17) is 5.73 Å². The minimum atomic E-state index is -0.165. The molecule has 0 bridgehead atoms. The van der Waals surface area contributed by atoms with Crippen molar-refractivity contribution in [1.82, 2.24) is 10.3 Å². The maximum absolute atomic E-state index is 11.8. The molecule has 0 aliphatic rings. The first-order valence-electron chi connectivity index (χ1n) is 7.12. The molecule has 23 heavy (non-hydrogen) atoms. The van der Waals surface area contributed by atoms with Gasteiger partial charge in [-0.2, -0.15) is 0 Å². The van der Waals surface area contributed by atoms with Crippen LogP contribution in [-0.2, 0) is 4.79 Å². The maximum atomic E-state index is 11.8. The summed E-state index contributed by atoms with van der Waals surface area (Å²) in [6.45, 7) is 4.16. The van der Waals surface area contributed by atoms with Crippen molar-refractivity contribution >= 4 is 30.7 Å². The molecule has 1 aromatic carbocycles.